The second-order valence-electron chi connectivity index (χ2n) is 6.79. The second-order valence-corrected chi connectivity index (χ2v) is 7.65. The Kier molecular flexibility index (Phi) is 4.27. The number of carbonyl (C=O) groups excluding carboxylic acids is 1. The third-order valence-electron chi connectivity index (χ3n) is 3.91. The summed E-state index contributed by atoms with van der Waals surface area (Å²) in [5, 5.41) is 1.19. The van der Waals surface area contributed by atoms with Gasteiger partial charge in [-0.25, -0.2) is 4.79 Å². The molecule has 3 rings (SSSR count). The number of benzene rings is 1. The molecular weight excluding hydrogens is 358 g/mol. The SMILES string of the molecule is CC(C)(C)OC(=O)N1CCN(c2cccc3[nH]cc(Br)c23)CC1. The number of rotatable bonds is 1. The zero-order chi connectivity index (χ0) is 16.6. The summed E-state index contributed by atoms with van der Waals surface area (Å²) >= 11 is 3.61. The van der Waals surface area contributed by atoms with Gasteiger partial charge < -0.3 is 19.5 Å². The Morgan fingerprint density at radius 2 is 1.91 bits per heavy atom. The van der Waals surface area contributed by atoms with E-state index >= 15 is 0 Å². The number of nitrogens with one attached hydrogen (secondary N) is 1. The molecule has 0 saturated carbocycles. The Morgan fingerprint density at radius 3 is 2.57 bits per heavy atom. The minimum absolute atomic E-state index is 0.224. The molecule has 124 valence electrons. The number of aromatic amines is 1. The molecule has 5 nitrogen and oxygen atoms in total. The topological polar surface area (TPSA) is 48.6 Å². The van der Waals surface area contributed by atoms with Gasteiger partial charge in [0.15, 0.2) is 0 Å². The maximum atomic E-state index is 12.2. The maximum absolute atomic E-state index is 12.2. The number of piperazine rings is 1. The molecule has 1 saturated heterocycles. The summed E-state index contributed by atoms with van der Waals surface area (Å²) in [6.07, 6.45) is 1.74. The number of nitrogens with zero attached hydrogens (tertiary/aromatic N) is 2. The zero-order valence-corrected chi connectivity index (χ0v) is 15.3. The highest BCUT2D eigenvalue weighted by atomic mass is 79.9. The van der Waals surface area contributed by atoms with Crippen LogP contribution < -0.4 is 4.90 Å². The summed E-state index contributed by atoms with van der Waals surface area (Å²) in [6.45, 7) is 8.63. The summed E-state index contributed by atoms with van der Waals surface area (Å²) in [5.74, 6) is 0. The van der Waals surface area contributed by atoms with E-state index in [0.717, 1.165) is 23.1 Å². The first kappa shape index (κ1) is 16.2. The summed E-state index contributed by atoms with van der Waals surface area (Å²) in [5.41, 5.74) is 1.86. The van der Waals surface area contributed by atoms with Crippen LogP contribution in [0.3, 0.4) is 0 Å². The summed E-state index contributed by atoms with van der Waals surface area (Å²) in [7, 11) is 0. The van der Waals surface area contributed by atoms with Crippen molar-refractivity contribution in [3.05, 3.63) is 28.9 Å². The van der Waals surface area contributed by atoms with Crippen LogP contribution in [-0.2, 0) is 4.74 Å². The summed E-state index contributed by atoms with van der Waals surface area (Å²) in [6, 6.07) is 6.26. The number of H-pyrrole nitrogens is 1. The normalized spacial score (nSPS) is 16.0. The van der Waals surface area contributed by atoms with Crippen LogP contribution in [0.15, 0.2) is 28.9 Å². The van der Waals surface area contributed by atoms with E-state index < -0.39 is 5.60 Å². The van der Waals surface area contributed by atoms with Crippen LogP contribution >= 0.6 is 15.9 Å². The molecular formula is C17H22BrN3O2. The van der Waals surface area contributed by atoms with Crippen molar-refractivity contribution in [1.82, 2.24) is 9.88 Å². The van der Waals surface area contributed by atoms with Gasteiger partial charge in [-0.15, -0.1) is 0 Å². The monoisotopic (exact) mass is 379 g/mol. The molecule has 1 aromatic carbocycles. The lowest BCUT2D eigenvalue weighted by molar-refractivity contribution is 0.0241. The van der Waals surface area contributed by atoms with Crippen LogP contribution in [0, 0.1) is 0 Å². The van der Waals surface area contributed by atoms with Gasteiger partial charge in [0.2, 0.25) is 0 Å². The number of carbonyl (C=O) groups is 1. The molecule has 1 aliphatic heterocycles. The van der Waals surface area contributed by atoms with E-state index in [1.165, 1.54) is 11.1 Å². The number of amides is 1. The third-order valence-corrected chi connectivity index (χ3v) is 4.53. The van der Waals surface area contributed by atoms with Gasteiger partial charge in [0.1, 0.15) is 5.60 Å². The number of hydrogen-bond acceptors (Lipinski definition) is 3. The van der Waals surface area contributed by atoms with Gasteiger partial charge in [0, 0.05) is 53.4 Å². The lowest BCUT2D eigenvalue weighted by Crippen LogP contribution is -2.50. The number of aromatic nitrogens is 1. The fourth-order valence-electron chi connectivity index (χ4n) is 2.84. The first-order valence-corrected chi connectivity index (χ1v) is 8.63. The third kappa shape index (κ3) is 3.47. The van der Waals surface area contributed by atoms with Crippen molar-refractivity contribution in [2.75, 3.05) is 31.1 Å². The van der Waals surface area contributed by atoms with Gasteiger partial charge in [-0.2, -0.15) is 0 Å². The molecule has 0 atom stereocenters. The summed E-state index contributed by atoms with van der Waals surface area (Å²) < 4.78 is 6.52. The van der Waals surface area contributed by atoms with Gasteiger partial charge in [-0.3, -0.25) is 0 Å². The number of halogens is 1. The number of anilines is 1. The van der Waals surface area contributed by atoms with E-state index in [-0.39, 0.29) is 6.09 Å². The Morgan fingerprint density at radius 1 is 1.22 bits per heavy atom. The quantitative estimate of drug-likeness (QED) is 0.814. The fourth-order valence-corrected chi connectivity index (χ4v) is 3.38. The molecule has 0 aliphatic carbocycles. The molecule has 0 radical (unpaired) electrons. The lowest BCUT2D eigenvalue weighted by Gasteiger charge is -2.37. The number of fused-ring (bicyclic) bond motifs is 1. The zero-order valence-electron chi connectivity index (χ0n) is 13.7. The minimum Gasteiger partial charge on any atom is -0.444 e. The molecule has 6 heteroatoms. The Labute approximate surface area is 144 Å². The lowest BCUT2D eigenvalue weighted by atomic mass is 10.1. The largest absolute Gasteiger partial charge is 0.444 e. The first-order chi connectivity index (χ1) is 10.8. The van der Waals surface area contributed by atoms with E-state index in [1.54, 1.807) is 4.90 Å². The molecule has 1 fully saturated rings. The van der Waals surface area contributed by atoms with Crippen molar-refractivity contribution >= 4 is 38.6 Å². The van der Waals surface area contributed by atoms with Gasteiger partial charge >= 0.3 is 6.09 Å². The van der Waals surface area contributed by atoms with Crippen molar-refractivity contribution in [3.8, 4) is 0 Å². The van der Waals surface area contributed by atoms with Crippen molar-refractivity contribution in [1.29, 1.82) is 0 Å². The molecule has 1 N–H and O–H groups in total. The van der Waals surface area contributed by atoms with Gasteiger partial charge in [0.25, 0.3) is 0 Å². The molecule has 1 aliphatic rings. The Bertz CT molecular complexity index is 712. The van der Waals surface area contributed by atoms with Crippen molar-refractivity contribution < 1.29 is 9.53 Å². The van der Waals surface area contributed by atoms with Crippen LogP contribution in [-0.4, -0.2) is 47.8 Å². The van der Waals surface area contributed by atoms with E-state index in [4.69, 9.17) is 4.74 Å². The molecule has 0 bridgehead atoms. The predicted octanol–water partition coefficient (Wildman–Crippen LogP) is 3.99. The van der Waals surface area contributed by atoms with Crippen molar-refractivity contribution in [2.45, 2.75) is 26.4 Å². The molecule has 1 amide bonds. The van der Waals surface area contributed by atoms with E-state index in [1.807, 2.05) is 27.0 Å². The minimum atomic E-state index is -0.449. The van der Waals surface area contributed by atoms with E-state index in [0.29, 0.717) is 13.1 Å². The van der Waals surface area contributed by atoms with Gasteiger partial charge in [-0.05, 0) is 48.8 Å². The molecule has 1 aromatic heterocycles. The average molecular weight is 380 g/mol. The highest BCUT2D eigenvalue weighted by Crippen LogP contribution is 2.33. The summed E-state index contributed by atoms with van der Waals surface area (Å²) in [4.78, 5) is 19.5. The highest BCUT2D eigenvalue weighted by molar-refractivity contribution is 9.10. The molecule has 0 spiro atoms. The average Bonchev–Trinajstić information content (AvgIpc) is 2.87. The number of hydrogen-bond donors (Lipinski definition) is 1. The van der Waals surface area contributed by atoms with E-state index in [2.05, 4.69) is 44.0 Å². The fraction of sp³-hybridized carbons (Fsp3) is 0.471. The van der Waals surface area contributed by atoms with Crippen molar-refractivity contribution in [2.24, 2.45) is 0 Å². The maximum Gasteiger partial charge on any atom is 0.410 e. The van der Waals surface area contributed by atoms with Gasteiger partial charge in [0.05, 0.1) is 0 Å². The van der Waals surface area contributed by atoms with Crippen LogP contribution in [0.4, 0.5) is 10.5 Å². The van der Waals surface area contributed by atoms with Crippen LogP contribution in [0.1, 0.15) is 20.8 Å². The smallest absolute Gasteiger partial charge is 0.410 e. The van der Waals surface area contributed by atoms with Crippen LogP contribution in [0.25, 0.3) is 10.9 Å². The first-order valence-electron chi connectivity index (χ1n) is 7.83. The Hall–Kier alpha value is -1.69. The molecule has 23 heavy (non-hydrogen) atoms. The number of ether oxygens (including phenoxy) is 1. The van der Waals surface area contributed by atoms with Crippen LogP contribution in [0.2, 0.25) is 0 Å². The van der Waals surface area contributed by atoms with Crippen LogP contribution in [0.5, 0.6) is 0 Å². The van der Waals surface area contributed by atoms with Crippen molar-refractivity contribution in [3.63, 3.8) is 0 Å². The highest BCUT2D eigenvalue weighted by Gasteiger charge is 2.26. The molecule has 0 unspecified atom stereocenters. The Balaban J connectivity index is 1.71. The second kappa shape index (κ2) is 6.07. The molecule has 2 heterocycles. The predicted molar refractivity (Wildman–Crippen MR) is 96.0 cm³/mol. The molecule has 2 aromatic rings. The van der Waals surface area contributed by atoms with E-state index in [9.17, 15) is 4.79 Å². The van der Waals surface area contributed by atoms with Gasteiger partial charge in [-0.1, -0.05) is 6.07 Å². The standard InChI is InChI=1S/C17H22BrN3O2/c1-17(2,3)23-16(22)21-9-7-20(8-10-21)14-6-4-5-13-15(14)12(18)11-19-13/h4-6,11,19H,7-10H2,1-3H3.